The van der Waals surface area contributed by atoms with E-state index in [2.05, 4.69) is 33.0 Å². The Kier molecular flexibility index (Phi) is 5.07. The number of nitrogens with one attached hydrogen (secondary N) is 1. The summed E-state index contributed by atoms with van der Waals surface area (Å²) < 4.78 is 5.79. The Bertz CT molecular complexity index is 174. The summed E-state index contributed by atoms with van der Waals surface area (Å²) in [6.45, 7) is 10.6. The maximum absolute atomic E-state index is 5.79. The molecule has 0 radical (unpaired) electrons. The number of hydrogen-bond acceptors (Lipinski definition) is 2. The van der Waals surface area contributed by atoms with Crippen molar-refractivity contribution in [2.45, 2.75) is 65.0 Å². The van der Waals surface area contributed by atoms with E-state index < -0.39 is 0 Å². The highest BCUT2D eigenvalue weighted by Gasteiger charge is 2.26. The highest BCUT2D eigenvalue weighted by molar-refractivity contribution is 4.82. The Morgan fingerprint density at radius 1 is 1.27 bits per heavy atom. The average Bonchev–Trinajstić information content (AvgIpc) is 2.51. The van der Waals surface area contributed by atoms with E-state index in [9.17, 15) is 0 Å². The largest absolute Gasteiger partial charge is 0.376 e. The van der Waals surface area contributed by atoms with Gasteiger partial charge in [0, 0.05) is 12.6 Å². The van der Waals surface area contributed by atoms with Crippen LogP contribution in [0.4, 0.5) is 0 Å². The number of ether oxygens (including phenoxy) is 1. The molecule has 2 unspecified atom stereocenters. The minimum absolute atomic E-state index is 0.0201. The maximum Gasteiger partial charge on any atom is 0.0598 e. The third-order valence-electron chi connectivity index (χ3n) is 3.15. The van der Waals surface area contributed by atoms with Gasteiger partial charge in [-0.25, -0.2) is 0 Å². The predicted molar refractivity (Wildman–Crippen MR) is 65.1 cm³/mol. The third-order valence-corrected chi connectivity index (χ3v) is 3.15. The summed E-state index contributed by atoms with van der Waals surface area (Å²) in [6, 6.07) is 0.749. The summed E-state index contributed by atoms with van der Waals surface area (Å²) in [5.74, 6) is 0.840. The molecule has 1 N–H and O–H groups in total. The smallest absolute Gasteiger partial charge is 0.0598 e. The zero-order valence-corrected chi connectivity index (χ0v) is 10.8. The van der Waals surface area contributed by atoms with Crippen LogP contribution in [0.15, 0.2) is 0 Å². The van der Waals surface area contributed by atoms with Crippen LogP contribution in [0.25, 0.3) is 0 Å². The van der Waals surface area contributed by atoms with Crippen LogP contribution in [0.1, 0.15) is 53.4 Å². The van der Waals surface area contributed by atoms with Crippen molar-refractivity contribution in [1.29, 1.82) is 0 Å². The molecule has 1 rings (SSSR count). The lowest BCUT2D eigenvalue weighted by Gasteiger charge is -2.24. The van der Waals surface area contributed by atoms with E-state index in [0.717, 1.165) is 25.1 Å². The van der Waals surface area contributed by atoms with E-state index >= 15 is 0 Å². The molecule has 0 aromatic heterocycles. The zero-order chi connectivity index (χ0) is 11.3. The normalized spacial score (nSPS) is 27.2. The molecule has 0 spiro atoms. The zero-order valence-electron chi connectivity index (χ0n) is 10.8. The predicted octanol–water partition coefficient (Wildman–Crippen LogP) is 2.97. The van der Waals surface area contributed by atoms with Gasteiger partial charge in [-0.3, -0.25) is 0 Å². The molecule has 1 aliphatic rings. The first-order valence-corrected chi connectivity index (χ1v) is 6.40. The molecule has 90 valence electrons. The fourth-order valence-corrected chi connectivity index (χ4v) is 2.43. The second-order valence-corrected chi connectivity index (χ2v) is 5.60. The standard InChI is InChI=1S/C13H27NO/c1-5-14-12-8-6-7-11(12)9-10-15-13(2,3)4/h11-12,14H,5-10H2,1-4H3. The SMILES string of the molecule is CCNC1CCCC1CCOC(C)(C)C. The van der Waals surface area contributed by atoms with Gasteiger partial charge in [-0.1, -0.05) is 13.3 Å². The van der Waals surface area contributed by atoms with Gasteiger partial charge in [0.1, 0.15) is 0 Å². The molecule has 1 aliphatic carbocycles. The molecular weight excluding hydrogens is 186 g/mol. The van der Waals surface area contributed by atoms with Crippen LogP contribution in [0, 0.1) is 5.92 Å². The van der Waals surface area contributed by atoms with E-state index in [4.69, 9.17) is 4.74 Å². The van der Waals surface area contributed by atoms with Gasteiger partial charge in [-0.05, 0) is 52.5 Å². The van der Waals surface area contributed by atoms with Crippen LogP contribution in [-0.4, -0.2) is 24.8 Å². The van der Waals surface area contributed by atoms with E-state index in [1.165, 1.54) is 25.7 Å². The minimum atomic E-state index is 0.0201. The minimum Gasteiger partial charge on any atom is -0.376 e. The van der Waals surface area contributed by atoms with Crippen LogP contribution in [0.5, 0.6) is 0 Å². The molecule has 1 fully saturated rings. The van der Waals surface area contributed by atoms with Gasteiger partial charge >= 0.3 is 0 Å². The van der Waals surface area contributed by atoms with Crippen molar-refractivity contribution in [3.8, 4) is 0 Å². The second-order valence-electron chi connectivity index (χ2n) is 5.60. The lowest BCUT2D eigenvalue weighted by atomic mass is 10.00. The van der Waals surface area contributed by atoms with Gasteiger partial charge in [0.25, 0.3) is 0 Å². The molecular formula is C13H27NO. The first kappa shape index (κ1) is 13.0. The second kappa shape index (κ2) is 5.86. The van der Waals surface area contributed by atoms with Gasteiger partial charge in [-0.2, -0.15) is 0 Å². The Morgan fingerprint density at radius 2 is 2.00 bits per heavy atom. The first-order valence-electron chi connectivity index (χ1n) is 6.40. The van der Waals surface area contributed by atoms with E-state index in [-0.39, 0.29) is 5.60 Å². The Balaban J connectivity index is 2.20. The third kappa shape index (κ3) is 4.98. The van der Waals surface area contributed by atoms with Crippen LogP contribution in [0.3, 0.4) is 0 Å². The van der Waals surface area contributed by atoms with Crippen LogP contribution >= 0.6 is 0 Å². The molecule has 0 aromatic carbocycles. The summed E-state index contributed by atoms with van der Waals surface area (Å²) >= 11 is 0. The van der Waals surface area contributed by atoms with Gasteiger partial charge < -0.3 is 10.1 Å². The molecule has 2 atom stereocenters. The molecule has 0 heterocycles. The van der Waals surface area contributed by atoms with Crippen molar-refractivity contribution < 1.29 is 4.74 Å². The summed E-state index contributed by atoms with van der Waals surface area (Å²) in [7, 11) is 0. The molecule has 0 saturated heterocycles. The van der Waals surface area contributed by atoms with E-state index in [1.807, 2.05) is 0 Å². The van der Waals surface area contributed by atoms with Crippen molar-refractivity contribution in [1.82, 2.24) is 5.32 Å². The fourth-order valence-electron chi connectivity index (χ4n) is 2.43. The number of rotatable bonds is 5. The fraction of sp³-hybridized carbons (Fsp3) is 1.00. The van der Waals surface area contributed by atoms with Crippen LogP contribution < -0.4 is 5.32 Å². The Morgan fingerprint density at radius 3 is 2.60 bits per heavy atom. The molecule has 2 nitrogen and oxygen atoms in total. The van der Waals surface area contributed by atoms with Crippen molar-refractivity contribution in [3.63, 3.8) is 0 Å². The highest BCUT2D eigenvalue weighted by atomic mass is 16.5. The summed E-state index contributed by atoms with van der Waals surface area (Å²) in [6.07, 6.45) is 5.34. The van der Waals surface area contributed by atoms with Crippen molar-refractivity contribution >= 4 is 0 Å². The average molecular weight is 213 g/mol. The van der Waals surface area contributed by atoms with E-state index in [1.54, 1.807) is 0 Å². The molecule has 0 aromatic rings. The Hall–Kier alpha value is -0.0800. The summed E-state index contributed by atoms with van der Waals surface area (Å²) in [4.78, 5) is 0. The summed E-state index contributed by atoms with van der Waals surface area (Å²) in [5.41, 5.74) is 0.0201. The molecule has 1 saturated carbocycles. The molecule has 0 aliphatic heterocycles. The van der Waals surface area contributed by atoms with E-state index in [0.29, 0.717) is 0 Å². The quantitative estimate of drug-likeness (QED) is 0.758. The molecule has 2 heteroatoms. The lowest BCUT2D eigenvalue weighted by molar-refractivity contribution is -0.0101. The lowest BCUT2D eigenvalue weighted by Crippen LogP contribution is -2.33. The van der Waals surface area contributed by atoms with Crippen LogP contribution in [-0.2, 0) is 4.74 Å². The van der Waals surface area contributed by atoms with Crippen molar-refractivity contribution in [2.75, 3.05) is 13.2 Å². The van der Waals surface area contributed by atoms with Crippen molar-refractivity contribution in [2.24, 2.45) is 5.92 Å². The summed E-state index contributed by atoms with van der Waals surface area (Å²) in [5, 5.41) is 3.59. The first-order chi connectivity index (χ1) is 7.03. The molecule has 0 amide bonds. The van der Waals surface area contributed by atoms with Gasteiger partial charge in [0.15, 0.2) is 0 Å². The number of hydrogen-bond donors (Lipinski definition) is 1. The van der Waals surface area contributed by atoms with Gasteiger partial charge in [-0.15, -0.1) is 0 Å². The Labute approximate surface area is 94.8 Å². The van der Waals surface area contributed by atoms with Gasteiger partial charge in [0.05, 0.1) is 5.60 Å². The highest BCUT2D eigenvalue weighted by Crippen LogP contribution is 2.28. The van der Waals surface area contributed by atoms with Gasteiger partial charge in [0.2, 0.25) is 0 Å². The molecule has 15 heavy (non-hydrogen) atoms. The topological polar surface area (TPSA) is 21.3 Å². The van der Waals surface area contributed by atoms with Crippen LogP contribution in [0.2, 0.25) is 0 Å². The molecule has 0 bridgehead atoms. The van der Waals surface area contributed by atoms with Crippen molar-refractivity contribution in [3.05, 3.63) is 0 Å². The maximum atomic E-state index is 5.79. The monoisotopic (exact) mass is 213 g/mol.